The highest BCUT2D eigenvalue weighted by Gasteiger charge is 2.37. The average Bonchev–Trinajstić information content (AvgIpc) is 2.22. The lowest BCUT2D eigenvalue weighted by Gasteiger charge is -2.19. The number of carbonyl (C=O) groups is 2. The molecule has 3 heteroatoms. The second-order valence-corrected chi connectivity index (χ2v) is 5.01. The number of hydrogen-bond donors (Lipinski definition) is 1. The lowest BCUT2D eigenvalue weighted by Crippen LogP contribution is -2.33. The minimum absolute atomic E-state index is 0.342. The molecule has 1 N–H and O–H groups in total. The Hall–Kier alpha value is -1.64. The second kappa shape index (κ2) is 4.32. The van der Waals surface area contributed by atoms with Crippen molar-refractivity contribution in [3.63, 3.8) is 0 Å². The summed E-state index contributed by atoms with van der Waals surface area (Å²) in [4.78, 5) is 23.3. The highest BCUT2D eigenvalue weighted by atomic mass is 16.4. The summed E-state index contributed by atoms with van der Waals surface area (Å²) >= 11 is 0. The number of carboxylic acid groups (broad SMARTS) is 1. The molecule has 0 bridgehead atoms. The van der Waals surface area contributed by atoms with Crippen molar-refractivity contribution in [2.24, 2.45) is 5.41 Å². The molecule has 0 unspecified atom stereocenters. The number of hydrogen-bond acceptors (Lipinski definition) is 2. The lowest BCUT2D eigenvalue weighted by atomic mass is 9.82. The number of ketones is 1. The van der Waals surface area contributed by atoms with E-state index in [0.717, 1.165) is 16.7 Å². The van der Waals surface area contributed by atoms with Gasteiger partial charge in [0.15, 0.2) is 5.78 Å². The molecule has 0 amide bonds. The van der Waals surface area contributed by atoms with E-state index in [1.54, 1.807) is 6.07 Å². The monoisotopic (exact) mass is 234 g/mol. The van der Waals surface area contributed by atoms with Crippen LogP contribution in [0.5, 0.6) is 0 Å². The minimum atomic E-state index is -1.38. The van der Waals surface area contributed by atoms with Gasteiger partial charge in [-0.1, -0.05) is 6.07 Å². The predicted molar refractivity (Wildman–Crippen MR) is 66.4 cm³/mol. The first-order chi connectivity index (χ1) is 7.67. The Kier molecular flexibility index (Phi) is 3.41. The minimum Gasteiger partial charge on any atom is -0.481 e. The zero-order valence-electron chi connectivity index (χ0n) is 10.9. The van der Waals surface area contributed by atoms with E-state index in [1.807, 2.05) is 26.8 Å². The van der Waals surface area contributed by atoms with Crippen LogP contribution in [0.4, 0.5) is 0 Å². The normalized spacial score (nSPS) is 11.4. The molecule has 0 spiro atoms. The van der Waals surface area contributed by atoms with E-state index in [4.69, 9.17) is 5.11 Å². The predicted octanol–water partition coefficient (Wildman–Crippen LogP) is 2.91. The first-order valence-corrected chi connectivity index (χ1v) is 5.54. The molecule has 0 fully saturated rings. The van der Waals surface area contributed by atoms with Crippen LogP contribution in [0.15, 0.2) is 12.1 Å². The third kappa shape index (κ3) is 2.38. The van der Waals surface area contributed by atoms with Gasteiger partial charge in [-0.25, -0.2) is 0 Å². The van der Waals surface area contributed by atoms with Gasteiger partial charge in [0, 0.05) is 5.56 Å². The highest BCUT2D eigenvalue weighted by molar-refractivity contribution is 6.12. The molecular weight excluding hydrogens is 216 g/mol. The number of carbonyl (C=O) groups excluding carboxylic acids is 1. The fourth-order valence-corrected chi connectivity index (χ4v) is 1.64. The van der Waals surface area contributed by atoms with Gasteiger partial charge in [0.2, 0.25) is 0 Å². The van der Waals surface area contributed by atoms with Crippen LogP contribution in [0.2, 0.25) is 0 Å². The third-order valence-corrected chi connectivity index (χ3v) is 3.19. The molecule has 0 aromatic heterocycles. The molecule has 92 valence electrons. The smallest absolute Gasteiger partial charge is 0.316 e. The third-order valence-electron chi connectivity index (χ3n) is 3.19. The maximum atomic E-state index is 12.2. The van der Waals surface area contributed by atoms with E-state index in [0.29, 0.717) is 5.56 Å². The molecule has 0 saturated carbocycles. The van der Waals surface area contributed by atoms with Crippen molar-refractivity contribution in [1.82, 2.24) is 0 Å². The van der Waals surface area contributed by atoms with Gasteiger partial charge in [0.1, 0.15) is 5.41 Å². The first-order valence-electron chi connectivity index (χ1n) is 5.54. The summed E-state index contributed by atoms with van der Waals surface area (Å²) in [6.07, 6.45) is 0. The zero-order chi connectivity index (χ0) is 13.4. The number of carboxylic acids is 1. The Morgan fingerprint density at radius 2 is 1.47 bits per heavy atom. The van der Waals surface area contributed by atoms with Crippen molar-refractivity contribution in [3.8, 4) is 0 Å². The Bertz CT molecular complexity index is 484. The Morgan fingerprint density at radius 1 is 1.00 bits per heavy atom. The van der Waals surface area contributed by atoms with Crippen molar-refractivity contribution >= 4 is 11.8 Å². The van der Waals surface area contributed by atoms with Crippen LogP contribution in [0.3, 0.4) is 0 Å². The van der Waals surface area contributed by atoms with Gasteiger partial charge in [0.25, 0.3) is 0 Å². The molecule has 3 nitrogen and oxygen atoms in total. The zero-order valence-corrected chi connectivity index (χ0v) is 10.9. The van der Waals surface area contributed by atoms with E-state index in [1.165, 1.54) is 13.8 Å². The van der Waals surface area contributed by atoms with Gasteiger partial charge in [-0.2, -0.15) is 0 Å². The van der Waals surface area contributed by atoms with Crippen molar-refractivity contribution in [2.75, 3.05) is 0 Å². The summed E-state index contributed by atoms with van der Waals surface area (Å²) in [5, 5.41) is 9.07. The van der Waals surface area contributed by atoms with Gasteiger partial charge >= 0.3 is 5.97 Å². The maximum Gasteiger partial charge on any atom is 0.316 e. The summed E-state index contributed by atoms with van der Waals surface area (Å²) in [5.74, 6) is -1.44. The van der Waals surface area contributed by atoms with Gasteiger partial charge in [-0.15, -0.1) is 0 Å². The van der Waals surface area contributed by atoms with Crippen LogP contribution >= 0.6 is 0 Å². The molecule has 1 aromatic carbocycles. The van der Waals surface area contributed by atoms with Gasteiger partial charge in [-0.05, 0) is 57.4 Å². The number of aliphatic carboxylic acids is 1. The molecule has 0 radical (unpaired) electrons. The molecule has 0 heterocycles. The van der Waals surface area contributed by atoms with E-state index in [-0.39, 0.29) is 5.78 Å². The van der Waals surface area contributed by atoms with E-state index in [2.05, 4.69) is 0 Å². The lowest BCUT2D eigenvalue weighted by molar-refractivity contribution is -0.144. The van der Waals surface area contributed by atoms with E-state index >= 15 is 0 Å². The van der Waals surface area contributed by atoms with Crippen LogP contribution < -0.4 is 0 Å². The number of rotatable bonds is 3. The molecule has 17 heavy (non-hydrogen) atoms. The standard InChI is InChI=1S/C14H18O3/c1-8-6-10(3)11(7-9(8)2)12(15)14(4,5)13(16)17/h6-7H,1-5H3,(H,16,17). The van der Waals surface area contributed by atoms with Crippen LogP contribution in [0, 0.1) is 26.2 Å². The van der Waals surface area contributed by atoms with Crippen molar-refractivity contribution in [1.29, 1.82) is 0 Å². The summed E-state index contributed by atoms with van der Waals surface area (Å²) in [6, 6.07) is 3.69. The molecule has 0 aliphatic carbocycles. The number of benzene rings is 1. The molecule has 1 aromatic rings. The second-order valence-electron chi connectivity index (χ2n) is 5.01. The van der Waals surface area contributed by atoms with Crippen LogP contribution in [-0.2, 0) is 4.79 Å². The van der Waals surface area contributed by atoms with Crippen LogP contribution in [0.1, 0.15) is 40.9 Å². The van der Waals surface area contributed by atoms with Crippen molar-refractivity contribution in [3.05, 3.63) is 34.4 Å². The highest BCUT2D eigenvalue weighted by Crippen LogP contribution is 2.26. The fraction of sp³-hybridized carbons (Fsp3) is 0.429. The molecule has 1 rings (SSSR count). The molecule has 0 aliphatic heterocycles. The summed E-state index contributed by atoms with van der Waals surface area (Å²) in [5.41, 5.74) is 2.05. The molecule has 0 atom stereocenters. The SMILES string of the molecule is Cc1cc(C)c(C(=O)C(C)(C)C(=O)O)cc1C. The summed E-state index contributed by atoms with van der Waals surface area (Å²) < 4.78 is 0. The van der Waals surface area contributed by atoms with Crippen LogP contribution in [-0.4, -0.2) is 16.9 Å². The Labute approximate surface area is 101 Å². The summed E-state index contributed by atoms with van der Waals surface area (Å²) in [6.45, 7) is 8.59. The van der Waals surface area contributed by atoms with E-state index in [9.17, 15) is 9.59 Å². The van der Waals surface area contributed by atoms with Crippen molar-refractivity contribution in [2.45, 2.75) is 34.6 Å². The topological polar surface area (TPSA) is 54.4 Å². The van der Waals surface area contributed by atoms with Crippen LogP contribution in [0.25, 0.3) is 0 Å². The first kappa shape index (κ1) is 13.4. The van der Waals surface area contributed by atoms with Crippen molar-refractivity contribution < 1.29 is 14.7 Å². The summed E-state index contributed by atoms with van der Waals surface area (Å²) in [7, 11) is 0. The van der Waals surface area contributed by atoms with E-state index < -0.39 is 11.4 Å². The Morgan fingerprint density at radius 3 is 1.94 bits per heavy atom. The maximum absolute atomic E-state index is 12.2. The quantitative estimate of drug-likeness (QED) is 0.646. The van der Waals surface area contributed by atoms with Gasteiger partial charge in [0.05, 0.1) is 0 Å². The van der Waals surface area contributed by atoms with Gasteiger partial charge < -0.3 is 5.11 Å². The number of Topliss-reactive ketones (excluding diaryl/α,β-unsaturated/α-hetero) is 1. The average molecular weight is 234 g/mol. The van der Waals surface area contributed by atoms with Gasteiger partial charge in [-0.3, -0.25) is 9.59 Å². The fourth-order valence-electron chi connectivity index (χ4n) is 1.64. The molecule has 0 aliphatic rings. The largest absolute Gasteiger partial charge is 0.481 e. The number of aryl methyl sites for hydroxylation is 3. The molecular formula is C14H18O3. The Balaban J connectivity index is 3.31. The molecule has 0 saturated heterocycles.